The van der Waals surface area contributed by atoms with Gasteiger partial charge in [-0.05, 0) is 58.6 Å². The third-order valence-corrected chi connectivity index (χ3v) is 5.06. The predicted octanol–water partition coefficient (Wildman–Crippen LogP) is 5.10. The van der Waals surface area contributed by atoms with E-state index in [2.05, 4.69) is 16.3 Å². The molecule has 1 aliphatic heterocycles. The average Bonchev–Trinajstić information content (AvgIpc) is 3.26. The summed E-state index contributed by atoms with van der Waals surface area (Å²) >= 11 is 0. The number of amides is 1. The maximum Gasteiger partial charge on any atom is 0.420 e. The van der Waals surface area contributed by atoms with Gasteiger partial charge in [0.1, 0.15) is 5.56 Å². The zero-order chi connectivity index (χ0) is 21.2. The summed E-state index contributed by atoms with van der Waals surface area (Å²) in [4.78, 5) is 14.5. The molecule has 1 atom stereocenters. The number of rotatable bonds is 5. The molecule has 2 aromatic heterocycles. The summed E-state index contributed by atoms with van der Waals surface area (Å²) in [6.07, 6.45) is 3.84. The van der Waals surface area contributed by atoms with Crippen molar-refractivity contribution in [1.29, 1.82) is 0 Å². The van der Waals surface area contributed by atoms with Crippen LogP contribution in [0, 0.1) is 0 Å². The molecule has 0 spiro atoms. The van der Waals surface area contributed by atoms with Crippen molar-refractivity contribution in [3.05, 3.63) is 53.0 Å². The second kappa shape index (κ2) is 8.39. The molecule has 1 fully saturated rings. The van der Waals surface area contributed by atoms with E-state index in [1.54, 1.807) is 11.0 Å². The number of aromatic nitrogens is 3. The summed E-state index contributed by atoms with van der Waals surface area (Å²) in [6, 6.07) is 1.93. The van der Waals surface area contributed by atoms with Crippen molar-refractivity contribution < 1.29 is 18.0 Å². The highest BCUT2D eigenvalue weighted by Gasteiger charge is 2.37. The molecule has 3 heterocycles. The highest BCUT2D eigenvalue weighted by Crippen LogP contribution is 2.35. The highest BCUT2D eigenvalue weighted by molar-refractivity contribution is 5.88. The van der Waals surface area contributed by atoms with E-state index in [1.807, 2.05) is 20.8 Å². The summed E-state index contributed by atoms with van der Waals surface area (Å²) in [5.41, 5.74) is 1.15. The van der Waals surface area contributed by atoms with Gasteiger partial charge in [-0.15, -0.1) is 10.2 Å². The van der Waals surface area contributed by atoms with Gasteiger partial charge < -0.3 is 4.90 Å². The van der Waals surface area contributed by atoms with Gasteiger partial charge in [-0.25, -0.2) is 0 Å². The standard InChI is InChI=1S/C21H25F3N4O/c1-14(2)7-4-8-15(3)13-18(29)27-11-6-10-17(27)20-26-25-19-16(21(22,23)24)9-5-12-28(19)20/h5,7,9,12-13,17H,4,6,8,10-11H2,1-3H3/b15-13+. The number of hydrogen-bond acceptors (Lipinski definition) is 3. The van der Waals surface area contributed by atoms with Gasteiger partial charge >= 0.3 is 6.18 Å². The molecule has 0 N–H and O–H groups in total. The summed E-state index contributed by atoms with van der Waals surface area (Å²) in [5.74, 6) is 0.235. The predicted molar refractivity (Wildman–Crippen MR) is 104 cm³/mol. The van der Waals surface area contributed by atoms with E-state index in [0.29, 0.717) is 18.8 Å². The van der Waals surface area contributed by atoms with Crippen LogP contribution < -0.4 is 0 Å². The van der Waals surface area contributed by atoms with Crippen molar-refractivity contribution in [3.8, 4) is 0 Å². The Balaban J connectivity index is 1.84. The van der Waals surface area contributed by atoms with Gasteiger partial charge in [0.25, 0.3) is 0 Å². The molecule has 156 valence electrons. The van der Waals surface area contributed by atoms with Gasteiger partial charge in [0.2, 0.25) is 5.91 Å². The van der Waals surface area contributed by atoms with Crippen molar-refractivity contribution in [1.82, 2.24) is 19.5 Å². The SMILES string of the molecule is CC(C)=CCC/C(C)=C/C(=O)N1CCCC1c1nnc2c(C(F)(F)F)cccn12. The van der Waals surface area contributed by atoms with E-state index in [9.17, 15) is 18.0 Å². The molecule has 0 aromatic carbocycles. The van der Waals surface area contributed by atoms with Crippen LogP contribution >= 0.6 is 0 Å². The van der Waals surface area contributed by atoms with Crippen LogP contribution in [0.15, 0.2) is 41.6 Å². The first-order valence-corrected chi connectivity index (χ1v) is 9.70. The molecule has 29 heavy (non-hydrogen) atoms. The second-order valence-electron chi connectivity index (χ2n) is 7.67. The van der Waals surface area contributed by atoms with Gasteiger partial charge in [0.05, 0.1) is 6.04 Å². The highest BCUT2D eigenvalue weighted by atomic mass is 19.4. The number of carbonyl (C=O) groups excluding carboxylic acids is 1. The lowest BCUT2D eigenvalue weighted by Crippen LogP contribution is -2.30. The lowest BCUT2D eigenvalue weighted by atomic mass is 10.1. The minimum Gasteiger partial charge on any atom is -0.329 e. The maximum atomic E-state index is 13.2. The Morgan fingerprint density at radius 2 is 2.03 bits per heavy atom. The average molecular weight is 406 g/mol. The lowest BCUT2D eigenvalue weighted by molar-refractivity contribution is -0.136. The molecular weight excluding hydrogens is 381 g/mol. The fraction of sp³-hybridized carbons (Fsp3) is 0.476. The normalized spacial score (nSPS) is 17.8. The van der Waals surface area contributed by atoms with Crippen molar-refractivity contribution in [3.63, 3.8) is 0 Å². The molecule has 1 amide bonds. The number of allylic oxidation sites excluding steroid dienone is 3. The van der Waals surface area contributed by atoms with Gasteiger partial charge in [-0.2, -0.15) is 13.2 Å². The molecule has 2 aromatic rings. The minimum absolute atomic E-state index is 0.133. The smallest absolute Gasteiger partial charge is 0.329 e. The second-order valence-corrected chi connectivity index (χ2v) is 7.67. The van der Waals surface area contributed by atoms with E-state index in [1.165, 1.54) is 22.2 Å². The molecule has 5 nitrogen and oxygen atoms in total. The Bertz CT molecular complexity index is 954. The number of halogens is 3. The number of fused-ring (bicyclic) bond motifs is 1. The summed E-state index contributed by atoms with van der Waals surface area (Å²) in [7, 11) is 0. The molecule has 3 rings (SSSR count). The van der Waals surface area contributed by atoms with E-state index in [4.69, 9.17) is 0 Å². The molecule has 0 saturated carbocycles. The van der Waals surface area contributed by atoms with E-state index in [-0.39, 0.29) is 17.6 Å². The molecule has 1 saturated heterocycles. The first-order valence-electron chi connectivity index (χ1n) is 9.70. The van der Waals surface area contributed by atoms with Crippen molar-refractivity contribution in [2.24, 2.45) is 0 Å². The van der Waals surface area contributed by atoms with Crippen LogP contribution in [0.5, 0.6) is 0 Å². The third-order valence-electron chi connectivity index (χ3n) is 5.06. The lowest BCUT2D eigenvalue weighted by Gasteiger charge is -2.22. The van der Waals surface area contributed by atoms with Crippen LogP contribution in [-0.2, 0) is 11.0 Å². The Hall–Kier alpha value is -2.64. The van der Waals surface area contributed by atoms with E-state index >= 15 is 0 Å². The number of likely N-dealkylation sites (tertiary alicyclic amines) is 1. The minimum atomic E-state index is -4.51. The molecule has 0 radical (unpaired) electrons. The Labute approximate surface area is 167 Å². The monoisotopic (exact) mass is 406 g/mol. The topological polar surface area (TPSA) is 50.5 Å². The fourth-order valence-electron chi connectivity index (χ4n) is 3.64. The van der Waals surface area contributed by atoms with Crippen LogP contribution in [-0.4, -0.2) is 31.9 Å². The number of alkyl halides is 3. The van der Waals surface area contributed by atoms with Crippen LogP contribution in [0.1, 0.15) is 63.9 Å². The number of hydrogen-bond donors (Lipinski definition) is 0. The third kappa shape index (κ3) is 4.68. The van der Waals surface area contributed by atoms with E-state index in [0.717, 1.165) is 30.9 Å². The van der Waals surface area contributed by atoms with Crippen molar-refractivity contribution in [2.45, 2.75) is 58.7 Å². The zero-order valence-electron chi connectivity index (χ0n) is 16.8. The van der Waals surface area contributed by atoms with Crippen LogP contribution in [0.4, 0.5) is 13.2 Å². The largest absolute Gasteiger partial charge is 0.420 e. The van der Waals surface area contributed by atoms with E-state index < -0.39 is 11.7 Å². The Kier molecular flexibility index (Phi) is 6.10. The number of carbonyl (C=O) groups is 1. The molecule has 1 aliphatic rings. The molecule has 1 unspecified atom stereocenters. The summed E-state index contributed by atoms with van der Waals surface area (Å²) in [6.45, 7) is 6.54. The quantitative estimate of drug-likeness (QED) is 0.513. The molecule has 0 aliphatic carbocycles. The van der Waals surface area contributed by atoms with Crippen LogP contribution in [0.3, 0.4) is 0 Å². The van der Waals surface area contributed by atoms with Gasteiger partial charge in [0, 0.05) is 18.8 Å². The number of nitrogens with zero attached hydrogens (tertiary/aromatic N) is 4. The zero-order valence-corrected chi connectivity index (χ0v) is 16.8. The first kappa shape index (κ1) is 21.1. The molecule has 8 heteroatoms. The Morgan fingerprint density at radius 1 is 1.28 bits per heavy atom. The van der Waals surface area contributed by atoms with Crippen molar-refractivity contribution in [2.75, 3.05) is 6.54 Å². The fourth-order valence-corrected chi connectivity index (χ4v) is 3.64. The first-order chi connectivity index (χ1) is 13.7. The van der Waals surface area contributed by atoms with Gasteiger partial charge in [0.15, 0.2) is 11.5 Å². The van der Waals surface area contributed by atoms with Crippen LogP contribution in [0.2, 0.25) is 0 Å². The maximum absolute atomic E-state index is 13.2. The van der Waals surface area contributed by atoms with Crippen LogP contribution in [0.25, 0.3) is 5.65 Å². The van der Waals surface area contributed by atoms with Gasteiger partial charge in [-0.3, -0.25) is 9.20 Å². The summed E-state index contributed by atoms with van der Waals surface area (Å²) < 4.78 is 41.1. The summed E-state index contributed by atoms with van der Waals surface area (Å²) in [5, 5.41) is 7.80. The van der Waals surface area contributed by atoms with Crippen molar-refractivity contribution >= 4 is 11.6 Å². The Morgan fingerprint density at radius 3 is 2.72 bits per heavy atom. The number of pyridine rings is 1. The van der Waals surface area contributed by atoms with Gasteiger partial charge in [-0.1, -0.05) is 17.2 Å². The molecular formula is C21H25F3N4O. The molecule has 0 bridgehead atoms.